The van der Waals surface area contributed by atoms with Crippen molar-refractivity contribution < 1.29 is 19.1 Å². The van der Waals surface area contributed by atoms with Crippen LogP contribution in [0.1, 0.15) is 5.89 Å². The molecular weight excluding hydrogens is 224 g/mol. The van der Waals surface area contributed by atoms with Gasteiger partial charge in [-0.2, -0.15) is 0 Å². The Morgan fingerprint density at radius 1 is 1.29 bits per heavy atom. The molecule has 1 N–H and O–H groups in total. The van der Waals surface area contributed by atoms with Crippen molar-refractivity contribution in [1.29, 1.82) is 0 Å². The smallest absolute Gasteiger partial charge is 0.329 e. The molecule has 0 aliphatic rings. The van der Waals surface area contributed by atoms with Gasteiger partial charge in [0.05, 0.1) is 0 Å². The van der Waals surface area contributed by atoms with Gasteiger partial charge in [-0.1, -0.05) is 18.2 Å². The lowest BCUT2D eigenvalue weighted by atomic mass is 10.2. The van der Waals surface area contributed by atoms with Gasteiger partial charge in [-0.25, -0.2) is 4.79 Å². The van der Waals surface area contributed by atoms with Gasteiger partial charge in [0, 0.05) is 5.56 Å². The maximum absolute atomic E-state index is 10.2. The Labute approximate surface area is 96.9 Å². The number of aromatic nitrogens is 2. The highest BCUT2D eigenvalue weighted by molar-refractivity contribution is 5.67. The van der Waals surface area contributed by atoms with E-state index in [1.807, 2.05) is 30.3 Å². The van der Waals surface area contributed by atoms with Crippen LogP contribution in [0.2, 0.25) is 0 Å². The SMILES string of the molecule is O=C(O)COCc1nnc(-c2ccccc2)o1. The van der Waals surface area contributed by atoms with Crippen molar-refractivity contribution in [1.82, 2.24) is 10.2 Å². The number of benzene rings is 1. The van der Waals surface area contributed by atoms with E-state index in [1.165, 1.54) is 0 Å². The van der Waals surface area contributed by atoms with Crippen molar-refractivity contribution in [3.63, 3.8) is 0 Å². The fourth-order valence-corrected chi connectivity index (χ4v) is 1.23. The molecule has 0 radical (unpaired) electrons. The Hall–Kier alpha value is -2.21. The number of carboxylic acids is 1. The second-order valence-electron chi connectivity index (χ2n) is 3.25. The number of aliphatic carboxylic acids is 1. The molecule has 0 amide bonds. The molecule has 17 heavy (non-hydrogen) atoms. The summed E-state index contributed by atoms with van der Waals surface area (Å²) >= 11 is 0. The molecule has 0 spiro atoms. The van der Waals surface area contributed by atoms with Gasteiger partial charge in [-0.3, -0.25) is 0 Å². The minimum absolute atomic E-state index is 0.00780. The molecule has 0 unspecified atom stereocenters. The van der Waals surface area contributed by atoms with Crippen LogP contribution in [0, 0.1) is 0 Å². The lowest BCUT2D eigenvalue weighted by Crippen LogP contribution is -2.06. The summed E-state index contributed by atoms with van der Waals surface area (Å²) in [5, 5.41) is 16.0. The number of nitrogens with zero attached hydrogens (tertiary/aromatic N) is 2. The molecule has 1 aromatic heterocycles. The van der Waals surface area contributed by atoms with E-state index in [1.54, 1.807) is 0 Å². The van der Waals surface area contributed by atoms with Gasteiger partial charge in [0.25, 0.3) is 0 Å². The predicted octanol–water partition coefficient (Wildman–Crippen LogP) is 1.34. The monoisotopic (exact) mass is 234 g/mol. The topological polar surface area (TPSA) is 85.5 Å². The molecule has 6 heteroatoms. The quantitative estimate of drug-likeness (QED) is 0.840. The number of carboxylic acid groups (broad SMARTS) is 1. The molecule has 1 heterocycles. The van der Waals surface area contributed by atoms with E-state index < -0.39 is 5.97 Å². The number of hydrogen-bond acceptors (Lipinski definition) is 5. The molecule has 0 saturated carbocycles. The van der Waals surface area contributed by atoms with Crippen LogP contribution in [0.3, 0.4) is 0 Å². The van der Waals surface area contributed by atoms with Crippen LogP contribution in [-0.4, -0.2) is 27.9 Å². The van der Waals surface area contributed by atoms with Gasteiger partial charge in [0.15, 0.2) is 0 Å². The molecule has 0 bridgehead atoms. The minimum atomic E-state index is -1.03. The van der Waals surface area contributed by atoms with Crippen LogP contribution >= 0.6 is 0 Å². The molecular formula is C11H10N2O4. The van der Waals surface area contributed by atoms with E-state index in [0.29, 0.717) is 5.89 Å². The van der Waals surface area contributed by atoms with Crippen LogP contribution < -0.4 is 0 Å². The first-order chi connectivity index (χ1) is 8.25. The van der Waals surface area contributed by atoms with Crippen molar-refractivity contribution in [3.8, 4) is 11.5 Å². The normalized spacial score (nSPS) is 10.4. The molecule has 6 nitrogen and oxygen atoms in total. The van der Waals surface area contributed by atoms with Gasteiger partial charge in [-0.05, 0) is 12.1 Å². The third-order valence-electron chi connectivity index (χ3n) is 1.94. The maximum atomic E-state index is 10.2. The third kappa shape index (κ3) is 3.12. The first-order valence-corrected chi connectivity index (χ1v) is 4.93. The molecule has 0 aliphatic carbocycles. The van der Waals surface area contributed by atoms with Crippen LogP contribution in [0.25, 0.3) is 11.5 Å². The third-order valence-corrected chi connectivity index (χ3v) is 1.94. The van der Waals surface area contributed by atoms with Crippen LogP contribution in [0.5, 0.6) is 0 Å². The van der Waals surface area contributed by atoms with E-state index in [2.05, 4.69) is 10.2 Å². The highest BCUT2D eigenvalue weighted by Crippen LogP contribution is 2.16. The van der Waals surface area contributed by atoms with E-state index in [-0.39, 0.29) is 19.1 Å². The van der Waals surface area contributed by atoms with Crippen molar-refractivity contribution in [2.75, 3.05) is 6.61 Å². The molecule has 2 rings (SSSR count). The Morgan fingerprint density at radius 2 is 2.06 bits per heavy atom. The zero-order valence-corrected chi connectivity index (χ0v) is 8.87. The highest BCUT2D eigenvalue weighted by atomic mass is 16.5. The predicted molar refractivity (Wildman–Crippen MR) is 57.0 cm³/mol. The zero-order valence-electron chi connectivity index (χ0n) is 8.87. The van der Waals surface area contributed by atoms with Crippen molar-refractivity contribution >= 4 is 5.97 Å². The van der Waals surface area contributed by atoms with Crippen molar-refractivity contribution in [2.45, 2.75) is 6.61 Å². The van der Waals surface area contributed by atoms with Crippen LogP contribution in [0.15, 0.2) is 34.7 Å². The summed E-state index contributed by atoms with van der Waals surface area (Å²) in [6, 6.07) is 9.29. The fraction of sp³-hybridized carbons (Fsp3) is 0.182. The molecule has 1 aromatic carbocycles. The van der Waals surface area contributed by atoms with Crippen molar-refractivity contribution in [2.24, 2.45) is 0 Å². The second kappa shape index (κ2) is 5.22. The number of hydrogen-bond donors (Lipinski definition) is 1. The molecule has 88 valence electrons. The molecule has 0 aliphatic heterocycles. The summed E-state index contributed by atoms with van der Waals surface area (Å²) < 4.78 is 10.1. The van der Waals surface area contributed by atoms with Gasteiger partial charge in [0.2, 0.25) is 11.8 Å². The summed E-state index contributed by atoms with van der Waals surface area (Å²) in [7, 11) is 0. The lowest BCUT2D eigenvalue weighted by molar-refractivity contribution is -0.142. The van der Waals surface area contributed by atoms with E-state index >= 15 is 0 Å². The summed E-state index contributed by atoms with van der Waals surface area (Å²) in [5.74, 6) is -0.391. The first-order valence-electron chi connectivity index (χ1n) is 4.93. The van der Waals surface area contributed by atoms with E-state index in [4.69, 9.17) is 14.3 Å². The Bertz CT molecular complexity index is 495. The molecule has 0 fully saturated rings. The summed E-state index contributed by atoms with van der Waals surface area (Å²) in [5.41, 5.74) is 0.810. The number of carbonyl (C=O) groups is 1. The maximum Gasteiger partial charge on any atom is 0.329 e. The number of rotatable bonds is 5. The standard InChI is InChI=1S/C11H10N2O4/c14-10(15)7-16-6-9-12-13-11(17-9)8-4-2-1-3-5-8/h1-5H,6-7H2,(H,14,15). The largest absolute Gasteiger partial charge is 0.480 e. The summed E-state index contributed by atoms with van der Waals surface area (Å²) in [6.45, 7) is -0.394. The second-order valence-corrected chi connectivity index (χ2v) is 3.25. The van der Waals surface area contributed by atoms with Crippen LogP contribution in [0.4, 0.5) is 0 Å². The fourth-order valence-electron chi connectivity index (χ4n) is 1.23. The lowest BCUT2D eigenvalue weighted by Gasteiger charge is -1.95. The van der Waals surface area contributed by atoms with Gasteiger partial charge in [0.1, 0.15) is 13.2 Å². The van der Waals surface area contributed by atoms with Gasteiger partial charge >= 0.3 is 5.97 Å². The van der Waals surface area contributed by atoms with Crippen LogP contribution in [-0.2, 0) is 16.1 Å². The average Bonchev–Trinajstić information content (AvgIpc) is 2.78. The summed E-state index contributed by atoms with van der Waals surface area (Å²) in [4.78, 5) is 10.2. The average molecular weight is 234 g/mol. The van der Waals surface area contributed by atoms with E-state index in [0.717, 1.165) is 5.56 Å². The number of ether oxygens (including phenoxy) is 1. The van der Waals surface area contributed by atoms with E-state index in [9.17, 15) is 4.79 Å². The zero-order chi connectivity index (χ0) is 12.1. The van der Waals surface area contributed by atoms with Gasteiger partial charge in [-0.15, -0.1) is 10.2 Å². The highest BCUT2D eigenvalue weighted by Gasteiger charge is 2.08. The van der Waals surface area contributed by atoms with Gasteiger partial charge < -0.3 is 14.3 Å². The minimum Gasteiger partial charge on any atom is -0.480 e. The molecule has 2 aromatic rings. The van der Waals surface area contributed by atoms with Crippen molar-refractivity contribution in [3.05, 3.63) is 36.2 Å². The molecule has 0 saturated heterocycles. The first kappa shape index (κ1) is 11.3. The Morgan fingerprint density at radius 3 is 2.76 bits per heavy atom. The Balaban J connectivity index is 1.99. The summed E-state index contributed by atoms with van der Waals surface area (Å²) in [6.07, 6.45) is 0. The molecule has 0 atom stereocenters. The Kier molecular flexibility index (Phi) is 3.46.